The Bertz CT molecular complexity index is 824. The van der Waals surface area contributed by atoms with Crippen molar-refractivity contribution in [2.24, 2.45) is 0 Å². The average Bonchev–Trinajstić information content (AvgIpc) is 3.34. The van der Waals surface area contributed by atoms with Crippen LogP contribution < -0.4 is 4.72 Å². The number of nitrogens with zero attached hydrogens (tertiary/aromatic N) is 3. The van der Waals surface area contributed by atoms with Crippen LogP contribution in [0.4, 0.5) is 5.69 Å². The van der Waals surface area contributed by atoms with Crippen LogP contribution >= 0.6 is 0 Å². The van der Waals surface area contributed by atoms with Gasteiger partial charge in [0.2, 0.25) is 10.0 Å². The van der Waals surface area contributed by atoms with Crippen molar-refractivity contribution in [2.45, 2.75) is 50.3 Å². The number of para-hydroxylation sites is 1. The van der Waals surface area contributed by atoms with E-state index in [2.05, 4.69) is 19.5 Å². The van der Waals surface area contributed by atoms with Crippen LogP contribution in [-0.4, -0.2) is 28.4 Å². The summed E-state index contributed by atoms with van der Waals surface area (Å²) in [6, 6.07) is 7.46. The molecule has 1 fully saturated rings. The lowest BCUT2D eigenvalue weighted by molar-refractivity contribution is 0.600. The van der Waals surface area contributed by atoms with Crippen LogP contribution in [0, 0.1) is 0 Å². The molecule has 2 aliphatic rings. The number of hydrogen-bond donors (Lipinski definition) is 1. The SMILES string of the molecule is O=S(=O)(Nc1ccccc1-c1nnc2n1CCCCC2)C1CC1. The molecule has 0 atom stereocenters. The molecule has 0 amide bonds. The third-order valence-corrected chi connectivity index (χ3v) is 6.35. The molecule has 1 N–H and O–H groups in total. The monoisotopic (exact) mass is 332 g/mol. The summed E-state index contributed by atoms with van der Waals surface area (Å²) in [5, 5.41) is 8.41. The predicted octanol–water partition coefficient (Wildman–Crippen LogP) is 2.58. The molecule has 2 heterocycles. The summed E-state index contributed by atoms with van der Waals surface area (Å²) in [6.07, 6.45) is 5.86. The van der Waals surface area contributed by atoms with Gasteiger partial charge < -0.3 is 4.57 Å². The molecule has 4 rings (SSSR count). The molecular formula is C16H20N4O2S. The molecule has 0 radical (unpaired) electrons. The van der Waals surface area contributed by atoms with Crippen LogP contribution in [0.3, 0.4) is 0 Å². The number of aromatic nitrogens is 3. The molecule has 0 bridgehead atoms. The van der Waals surface area contributed by atoms with Crippen molar-refractivity contribution >= 4 is 15.7 Å². The maximum atomic E-state index is 12.3. The van der Waals surface area contributed by atoms with E-state index in [9.17, 15) is 8.42 Å². The minimum atomic E-state index is -3.29. The van der Waals surface area contributed by atoms with Gasteiger partial charge in [-0.2, -0.15) is 0 Å². The van der Waals surface area contributed by atoms with Crippen LogP contribution in [0.1, 0.15) is 37.9 Å². The van der Waals surface area contributed by atoms with Crippen molar-refractivity contribution in [3.8, 4) is 11.4 Å². The van der Waals surface area contributed by atoms with Gasteiger partial charge in [-0.1, -0.05) is 18.6 Å². The molecule has 0 spiro atoms. The van der Waals surface area contributed by atoms with E-state index in [0.717, 1.165) is 55.9 Å². The lowest BCUT2D eigenvalue weighted by atomic mass is 10.1. The zero-order valence-corrected chi connectivity index (χ0v) is 13.7. The van der Waals surface area contributed by atoms with Crippen molar-refractivity contribution < 1.29 is 8.42 Å². The Balaban J connectivity index is 1.74. The first-order chi connectivity index (χ1) is 11.1. The highest BCUT2D eigenvalue weighted by Gasteiger charge is 2.36. The van der Waals surface area contributed by atoms with Gasteiger partial charge in [-0.25, -0.2) is 8.42 Å². The van der Waals surface area contributed by atoms with Gasteiger partial charge in [0.25, 0.3) is 0 Å². The van der Waals surface area contributed by atoms with E-state index in [4.69, 9.17) is 0 Å². The van der Waals surface area contributed by atoms with E-state index in [-0.39, 0.29) is 5.25 Å². The zero-order valence-electron chi connectivity index (χ0n) is 12.9. The lowest BCUT2D eigenvalue weighted by Gasteiger charge is -2.13. The first-order valence-corrected chi connectivity index (χ1v) is 9.73. The fourth-order valence-corrected chi connectivity index (χ4v) is 4.47. The molecule has 6 nitrogen and oxygen atoms in total. The Hall–Kier alpha value is -1.89. The minimum absolute atomic E-state index is 0.244. The number of sulfonamides is 1. The number of rotatable bonds is 4. The Morgan fingerprint density at radius 1 is 1.09 bits per heavy atom. The van der Waals surface area contributed by atoms with E-state index in [1.54, 1.807) is 6.07 Å². The number of hydrogen-bond acceptors (Lipinski definition) is 4. The average molecular weight is 332 g/mol. The van der Waals surface area contributed by atoms with Crippen molar-refractivity contribution in [2.75, 3.05) is 4.72 Å². The number of aryl methyl sites for hydroxylation is 1. The summed E-state index contributed by atoms with van der Waals surface area (Å²) >= 11 is 0. The normalized spacial score (nSPS) is 18.3. The van der Waals surface area contributed by atoms with Gasteiger partial charge >= 0.3 is 0 Å². The van der Waals surface area contributed by atoms with Crippen molar-refractivity contribution in [3.05, 3.63) is 30.1 Å². The molecule has 2 aromatic rings. The molecule has 7 heteroatoms. The number of nitrogens with one attached hydrogen (secondary N) is 1. The molecule has 1 saturated carbocycles. The van der Waals surface area contributed by atoms with Gasteiger partial charge in [0.1, 0.15) is 5.82 Å². The molecule has 1 aliphatic heterocycles. The summed E-state index contributed by atoms with van der Waals surface area (Å²) in [5.41, 5.74) is 1.40. The summed E-state index contributed by atoms with van der Waals surface area (Å²) in [6.45, 7) is 0.890. The highest BCUT2D eigenvalue weighted by Crippen LogP contribution is 2.33. The Kier molecular flexibility index (Phi) is 3.60. The number of anilines is 1. The molecule has 1 aromatic heterocycles. The predicted molar refractivity (Wildman–Crippen MR) is 88.6 cm³/mol. The van der Waals surface area contributed by atoms with Gasteiger partial charge in [0, 0.05) is 18.5 Å². The van der Waals surface area contributed by atoms with E-state index in [1.807, 2.05) is 18.2 Å². The van der Waals surface area contributed by atoms with Gasteiger partial charge in [-0.05, 0) is 37.8 Å². The quantitative estimate of drug-likeness (QED) is 0.933. The van der Waals surface area contributed by atoms with Crippen LogP contribution in [0.25, 0.3) is 11.4 Å². The van der Waals surface area contributed by atoms with Gasteiger partial charge in [-0.3, -0.25) is 4.72 Å². The fraction of sp³-hybridized carbons (Fsp3) is 0.500. The van der Waals surface area contributed by atoms with Crippen molar-refractivity contribution in [1.82, 2.24) is 14.8 Å². The van der Waals surface area contributed by atoms with Crippen molar-refractivity contribution in [1.29, 1.82) is 0 Å². The molecule has 0 unspecified atom stereocenters. The van der Waals surface area contributed by atoms with Crippen LogP contribution in [0.2, 0.25) is 0 Å². The zero-order chi connectivity index (χ0) is 15.9. The van der Waals surface area contributed by atoms with Gasteiger partial charge in [-0.15, -0.1) is 10.2 Å². The highest BCUT2D eigenvalue weighted by molar-refractivity contribution is 7.93. The summed E-state index contributed by atoms with van der Waals surface area (Å²) < 4.78 is 29.4. The lowest BCUT2D eigenvalue weighted by Crippen LogP contribution is -2.18. The van der Waals surface area contributed by atoms with Crippen LogP contribution in [-0.2, 0) is 23.0 Å². The molecular weight excluding hydrogens is 312 g/mol. The maximum absolute atomic E-state index is 12.3. The Morgan fingerprint density at radius 3 is 2.74 bits per heavy atom. The summed E-state index contributed by atoms with van der Waals surface area (Å²) in [5.74, 6) is 1.76. The molecule has 122 valence electrons. The van der Waals surface area contributed by atoms with E-state index < -0.39 is 10.0 Å². The van der Waals surface area contributed by atoms with Crippen LogP contribution in [0.15, 0.2) is 24.3 Å². The van der Waals surface area contributed by atoms with Gasteiger partial charge in [0.05, 0.1) is 10.9 Å². The van der Waals surface area contributed by atoms with Crippen molar-refractivity contribution in [3.63, 3.8) is 0 Å². The van der Waals surface area contributed by atoms with Crippen LogP contribution in [0.5, 0.6) is 0 Å². The highest BCUT2D eigenvalue weighted by atomic mass is 32.2. The fourth-order valence-electron chi connectivity index (χ4n) is 3.07. The second-order valence-corrected chi connectivity index (χ2v) is 8.25. The minimum Gasteiger partial charge on any atom is -0.311 e. The second kappa shape index (κ2) is 5.63. The third kappa shape index (κ3) is 2.85. The first-order valence-electron chi connectivity index (χ1n) is 8.18. The largest absolute Gasteiger partial charge is 0.311 e. The summed E-state index contributed by atoms with van der Waals surface area (Å²) in [4.78, 5) is 0. The maximum Gasteiger partial charge on any atom is 0.235 e. The Labute approximate surface area is 136 Å². The second-order valence-electron chi connectivity index (χ2n) is 6.29. The van der Waals surface area contributed by atoms with E-state index >= 15 is 0 Å². The summed E-state index contributed by atoms with van der Waals surface area (Å²) in [7, 11) is -3.29. The van der Waals surface area contributed by atoms with E-state index in [0.29, 0.717) is 5.69 Å². The smallest absolute Gasteiger partial charge is 0.235 e. The van der Waals surface area contributed by atoms with E-state index in [1.165, 1.54) is 6.42 Å². The Morgan fingerprint density at radius 2 is 1.91 bits per heavy atom. The molecule has 0 saturated heterocycles. The molecule has 1 aromatic carbocycles. The first kappa shape index (κ1) is 14.7. The van der Waals surface area contributed by atoms with Gasteiger partial charge in [0.15, 0.2) is 5.82 Å². The molecule has 23 heavy (non-hydrogen) atoms. The number of benzene rings is 1. The standard InChI is InChI=1S/C16H20N4O2S/c21-23(22,12-9-10-12)19-14-7-4-3-6-13(14)16-18-17-15-8-2-1-5-11-20(15)16/h3-4,6-7,12,19H,1-2,5,8-11H2. The third-order valence-electron chi connectivity index (χ3n) is 4.49. The topological polar surface area (TPSA) is 76.9 Å². The number of fused-ring (bicyclic) bond motifs is 1. The molecule has 1 aliphatic carbocycles.